The lowest BCUT2D eigenvalue weighted by Gasteiger charge is -2.12. The number of halogens is 2. The summed E-state index contributed by atoms with van der Waals surface area (Å²) in [5.74, 6) is 0.269. The van der Waals surface area contributed by atoms with E-state index in [1.807, 2.05) is 0 Å². The summed E-state index contributed by atoms with van der Waals surface area (Å²) < 4.78 is 5.36. The number of nitro groups is 1. The topological polar surface area (TPSA) is 140 Å². The number of hydrogen-bond acceptors (Lipinski definition) is 7. The Bertz CT molecular complexity index is 1100. The number of aromatic nitrogens is 2. The fraction of sp³-hybridized carbons (Fsp3) is 0.118. The fourth-order valence-corrected chi connectivity index (χ4v) is 2.92. The van der Waals surface area contributed by atoms with Gasteiger partial charge in [0.15, 0.2) is 5.75 Å². The highest BCUT2D eigenvalue weighted by atomic mass is 35.5. The summed E-state index contributed by atoms with van der Waals surface area (Å²) in [6, 6.07) is 7.51. The van der Waals surface area contributed by atoms with Crippen LogP contribution >= 0.6 is 23.2 Å². The molecule has 3 N–H and O–H groups in total. The first-order chi connectivity index (χ1) is 13.8. The van der Waals surface area contributed by atoms with Gasteiger partial charge in [0.05, 0.1) is 33.1 Å². The zero-order valence-corrected chi connectivity index (χ0v) is 16.1. The minimum absolute atomic E-state index is 0.0316. The molecule has 29 heavy (non-hydrogen) atoms. The van der Waals surface area contributed by atoms with Crippen molar-refractivity contribution in [2.24, 2.45) is 0 Å². The van der Waals surface area contributed by atoms with Crippen molar-refractivity contribution in [1.29, 1.82) is 0 Å². The number of amides is 1. The molecule has 0 spiro atoms. The van der Waals surface area contributed by atoms with Gasteiger partial charge >= 0.3 is 11.8 Å². The summed E-state index contributed by atoms with van der Waals surface area (Å²) in [4.78, 5) is 29.6. The van der Waals surface area contributed by atoms with E-state index in [1.54, 1.807) is 18.2 Å². The number of benzene rings is 2. The number of anilines is 2. The number of rotatable bonds is 7. The lowest BCUT2D eigenvalue weighted by atomic mass is 10.2. The fourth-order valence-electron chi connectivity index (χ4n) is 2.47. The van der Waals surface area contributed by atoms with Crippen LogP contribution in [0.25, 0.3) is 10.9 Å². The van der Waals surface area contributed by atoms with E-state index < -0.39 is 11.0 Å². The average molecular weight is 438 g/mol. The lowest BCUT2D eigenvalue weighted by molar-refractivity contribution is -0.385. The molecule has 0 saturated heterocycles. The molecule has 0 aliphatic carbocycles. The Balaban J connectivity index is 1.95. The largest absolute Gasteiger partial charge is 0.485 e. The van der Waals surface area contributed by atoms with Crippen molar-refractivity contribution >= 4 is 57.4 Å². The number of nitrogens with zero attached hydrogens (tertiary/aromatic N) is 3. The van der Waals surface area contributed by atoms with Gasteiger partial charge < -0.3 is 20.5 Å². The maximum atomic E-state index is 11.5. The zero-order chi connectivity index (χ0) is 21.0. The van der Waals surface area contributed by atoms with E-state index in [9.17, 15) is 14.9 Å². The number of ether oxygens (including phenoxy) is 1. The number of nitro benzene ring substituents is 1. The summed E-state index contributed by atoms with van der Waals surface area (Å²) in [5.41, 5.74) is 0.589. The van der Waals surface area contributed by atoms with Crippen molar-refractivity contribution in [3.8, 4) is 5.75 Å². The van der Waals surface area contributed by atoms with E-state index in [0.717, 1.165) is 0 Å². The highest BCUT2D eigenvalue weighted by molar-refractivity contribution is 6.36. The van der Waals surface area contributed by atoms with Crippen LogP contribution in [0, 0.1) is 10.1 Å². The molecule has 0 fully saturated rings. The van der Waals surface area contributed by atoms with Crippen LogP contribution in [0.15, 0.2) is 36.7 Å². The van der Waals surface area contributed by atoms with Crippen molar-refractivity contribution in [2.75, 3.05) is 18.5 Å². The third-order valence-corrected chi connectivity index (χ3v) is 4.28. The molecule has 1 amide bonds. The van der Waals surface area contributed by atoms with Crippen molar-refractivity contribution in [3.63, 3.8) is 0 Å². The molecule has 3 aromatic rings. The molecule has 0 unspecified atom stereocenters. The molecule has 3 rings (SSSR count). The third-order valence-electron chi connectivity index (χ3n) is 3.73. The maximum absolute atomic E-state index is 11.5. The Morgan fingerprint density at radius 3 is 2.72 bits per heavy atom. The van der Waals surface area contributed by atoms with E-state index in [2.05, 4.69) is 20.6 Å². The third kappa shape index (κ3) is 4.92. The molecule has 1 aromatic heterocycles. The van der Waals surface area contributed by atoms with Crippen molar-refractivity contribution in [3.05, 3.63) is 56.8 Å². The molecule has 0 saturated carbocycles. The second-order valence-corrected chi connectivity index (χ2v) is 6.49. The Hall–Kier alpha value is -3.37. The van der Waals surface area contributed by atoms with Gasteiger partial charge in [-0.05, 0) is 18.2 Å². The molecule has 150 valence electrons. The Labute approximate surface area is 173 Å². The smallest absolute Gasteiger partial charge is 0.404 e. The van der Waals surface area contributed by atoms with E-state index in [0.29, 0.717) is 32.5 Å². The number of nitrogens with one attached hydrogen (secondary N) is 2. The molecule has 2 aromatic carbocycles. The summed E-state index contributed by atoms with van der Waals surface area (Å²) in [6.07, 6.45) is 0.0711. The highest BCUT2D eigenvalue weighted by Crippen LogP contribution is 2.35. The molecule has 0 radical (unpaired) electrons. The van der Waals surface area contributed by atoms with Gasteiger partial charge in [-0.25, -0.2) is 14.8 Å². The van der Waals surface area contributed by atoms with E-state index >= 15 is 0 Å². The maximum Gasteiger partial charge on any atom is 0.404 e. The molecule has 0 bridgehead atoms. The highest BCUT2D eigenvalue weighted by Gasteiger charge is 2.19. The number of fused-ring (bicyclic) bond motifs is 1. The van der Waals surface area contributed by atoms with Gasteiger partial charge in [-0.15, -0.1) is 0 Å². The lowest BCUT2D eigenvalue weighted by Crippen LogP contribution is -2.26. The second kappa shape index (κ2) is 8.76. The van der Waals surface area contributed by atoms with E-state index in [4.69, 9.17) is 33.0 Å². The van der Waals surface area contributed by atoms with Gasteiger partial charge in [0.25, 0.3) is 0 Å². The van der Waals surface area contributed by atoms with Crippen LogP contribution < -0.4 is 15.4 Å². The SMILES string of the molecule is O=C(O)NCCOc1cc2ncnc(Nc3ccc(Cl)cc3Cl)c2cc1[N+](=O)[O-]. The number of hydrogen-bond donors (Lipinski definition) is 3. The molecule has 0 aliphatic heterocycles. The number of carboxylic acid groups (broad SMARTS) is 1. The van der Waals surface area contributed by atoms with Crippen LogP contribution in [-0.2, 0) is 0 Å². The Morgan fingerprint density at radius 1 is 1.24 bits per heavy atom. The quantitative estimate of drug-likeness (QED) is 0.283. The standard InChI is InChI=1S/C17H13Cl2N5O5/c18-9-1-2-12(11(19)5-9)23-16-10-6-14(24(27)28)15(7-13(10)21-8-22-16)29-4-3-20-17(25)26/h1-2,5-8,20H,3-4H2,(H,25,26)(H,21,22,23). The predicted octanol–water partition coefficient (Wildman–Crippen LogP) is 4.23. The summed E-state index contributed by atoms with van der Waals surface area (Å²) >= 11 is 12.1. The van der Waals surface area contributed by atoms with Crippen LogP contribution in [0.2, 0.25) is 10.0 Å². The normalized spacial score (nSPS) is 10.6. The predicted molar refractivity (Wildman–Crippen MR) is 107 cm³/mol. The van der Waals surface area contributed by atoms with Crippen LogP contribution in [0.1, 0.15) is 0 Å². The van der Waals surface area contributed by atoms with Gasteiger partial charge in [0.2, 0.25) is 0 Å². The van der Waals surface area contributed by atoms with Gasteiger partial charge in [0, 0.05) is 17.2 Å². The molecular formula is C17H13Cl2N5O5. The van der Waals surface area contributed by atoms with Gasteiger partial charge in [-0.3, -0.25) is 10.1 Å². The van der Waals surface area contributed by atoms with E-state index in [1.165, 1.54) is 18.5 Å². The van der Waals surface area contributed by atoms with Crippen molar-refractivity contribution in [2.45, 2.75) is 0 Å². The Morgan fingerprint density at radius 2 is 2.03 bits per heavy atom. The van der Waals surface area contributed by atoms with E-state index in [-0.39, 0.29) is 24.6 Å². The second-order valence-electron chi connectivity index (χ2n) is 5.65. The van der Waals surface area contributed by atoms with Crippen LogP contribution in [0.5, 0.6) is 5.75 Å². The average Bonchev–Trinajstić information content (AvgIpc) is 2.66. The van der Waals surface area contributed by atoms with Gasteiger partial charge in [-0.2, -0.15) is 0 Å². The first-order valence-corrected chi connectivity index (χ1v) is 8.85. The zero-order valence-electron chi connectivity index (χ0n) is 14.6. The summed E-state index contributed by atoms with van der Waals surface area (Å²) in [5, 5.41) is 26.4. The first-order valence-electron chi connectivity index (χ1n) is 8.10. The first kappa shape index (κ1) is 20.4. The molecular weight excluding hydrogens is 425 g/mol. The summed E-state index contributed by atoms with van der Waals surface area (Å²) in [7, 11) is 0. The van der Waals surface area contributed by atoms with Crippen LogP contribution in [0.4, 0.5) is 22.0 Å². The molecule has 10 nitrogen and oxygen atoms in total. The van der Waals surface area contributed by atoms with Crippen molar-refractivity contribution < 1.29 is 19.6 Å². The molecule has 1 heterocycles. The van der Waals surface area contributed by atoms with Crippen LogP contribution in [-0.4, -0.2) is 39.2 Å². The molecule has 0 aliphatic rings. The van der Waals surface area contributed by atoms with Crippen molar-refractivity contribution in [1.82, 2.24) is 15.3 Å². The minimum atomic E-state index is -1.22. The Kier molecular flexibility index (Phi) is 6.15. The van der Waals surface area contributed by atoms with Gasteiger partial charge in [-0.1, -0.05) is 23.2 Å². The number of carbonyl (C=O) groups is 1. The minimum Gasteiger partial charge on any atom is -0.485 e. The molecule has 0 atom stereocenters. The molecule has 12 heteroatoms. The summed E-state index contributed by atoms with van der Waals surface area (Å²) in [6.45, 7) is -0.120. The van der Waals surface area contributed by atoms with Crippen LogP contribution in [0.3, 0.4) is 0 Å². The monoisotopic (exact) mass is 437 g/mol. The van der Waals surface area contributed by atoms with Gasteiger partial charge in [0.1, 0.15) is 18.8 Å².